The summed E-state index contributed by atoms with van der Waals surface area (Å²) >= 11 is 0. The number of benzene rings is 1. The van der Waals surface area contributed by atoms with Crippen LogP contribution in [-0.2, 0) is 13.1 Å². The number of carbonyl (C=O) groups is 1. The fraction of sp³-hybridized carbons (Fsp3) is 0.250. The lowest BCUT2D eigenvalue weighted by Gasteiger charge is -2.23. The lowest BCUT2D eigenvalue weighted by molar-refractivity contribution is 0.111. The SMILES string of the molecule is CN1Cc2cc(F)cc3[nH]c(C=O)c(c23)C1. The number of nitrogens with one attached hydrogen (secondary N) is 1. The van der Waals surface area contributed by atoms with Crippen LogP contribution in [0.15, 0.2) is 12.1 Å². The normalized spacial score (nSPS) is 15.6. The number of rotatable bonds is 1. The second kappa shape index (κ2) is 3.15. The lowest BCUT2D eigenvalue weighted by atomic mass is 10.00. The number of H-pyrrole nitrogens is 1. The third kappa shape index (κ3) is 1.20. The number of aromatic amines is 1. The van der Waals surface area contributed by atoms with Crippen LogP contribution >= 0.6 is 0 Å². The molecule has 1 aromatic heterocycles. The molecule has 0 bridgehead atoms. The van der Waals surface area contributed by atoms with Crippen molar-refractivity contribution in [1.29, 1.82) is 0 Å². The Morgan fingerprint density at radius 2 is 2.25 bits per heavy atom. The fourth-order valence-electron chi connectivity index (χ4n) is 2.48. The number of aldehydes is 1. The van der Waals surface area contributed by atoms with Gasteiger partial charge in [-0.15, -0.1) is 0 Å². The predicted molar refractivity (Wildman–Crippen MR) is 58.8 cm³/mol. The minimum atomic E-state index is -0.261. The van der Waals surface area contributed by atoms with Crippen molar-refractivity contribution in [2.24, 2.45) is 0 Å². The van der Waals surface area contributed by atoms with Crippen molar-refractivity contribution in [1.82, 2.24) is 9.88 Å². The van der Waals surface area contributed by atoms with E-state index in [2.05, 4.69) is 9.88 Å². The summed E-state index contributed by atoms with van der Waals surface area (Å²) in [6.07, 6.45) is 0.802. The van der Waals surface area contributed by atoms with Gasteiger partial charge in [0.05, 0.1) is 5.69 Å². The third-order valence-corrected chi connectivity index (χ3v) is 3.07. The van der Waals surface area contributed by atoms with Gasteiger partial charge in [0.1, 0.15) is 5.82 Å². The summed E-state index contributed by atoms with van der Waals surface area (Å²) in [6.45, 7) is 1.45. The highest BCUT2D eigenvalue weighted by molar-refractivity contribution is 5.94. The zero-order valence-electron chi connectivity index (χ0n) is 8.88. The average Bonchev–Trinajstić information content (AvgIpc) is 2.56. The molecule has 0 atom stereocenters. The maximum atomic E-state index is 13.4. The van der Waals surface area contributed by atoms with Crippen LogP contribution in [0.5, 0.6) is 0 Å². The molecule has 0 fully saturated rings. The van der Waals surface area contributed by atoms with E-state index in [1.165, 1.54) is 6.07 Å². The molecule has 0 radical (unpaired) electrons. The van der Waals surface area contributed by atoms with E-state index in [0.717, 1.165) is 41.4 Å². The first-order chi connectivity index (χ1) is 7.69. The Morgan fingerprint density at radius 3 is 3.00 bits per heavy atom. The molecule has 0 aliphatic carbocycles. The van der Waals surface area contributed by atoms with Crippen LogP contribution in [0.3, 0.4) is 0 Å². The molecule has 1 aliphatic heterocycles. The Labute approximate surface area is 91.9 Å². The van der Waals surface area contributed by atoms with Crippen LogP contribution < -0.4 is 0 Å². The number of halogens is 1. The summed E-state index contributed by atoms with van der Waals surface area (Å²) in [5.74, 6) is -0.261. The smallest absolute Gasteiger partial charge is 0.166 e. The molecule has 3 nitrogen and oxygen atoms in total. The molecule has 1 aromatic carbocycles. The van der Waals surface area contributed by atoms with E-state index >= 15 is 0 Å². The van der Waals surface area contributed by atoms with Gasteiger partial charge in [-0.05, 0) is 24.7 Å². The van der Waals surface area contributed by atoms with Gasteiger partial charge in [0.2, 0.25) is 0 Å². The van der Waals surface area contributed by atoms with Gasteiger partial charge in [-0.2, -0.15) is 0 Å². The second-order valence-electron chi connectivity index (χ2n) is 4.29. The molecule has 82 valence electrons. The van der Waals surface area contributed by atoms with Crippen molar-refractivity contribution < 1.29 is 9.18 Å². The summed E-state index contributed by atoms with van der Waals surface area (Å²) in [5, 5.41) is 1.02. The Balaban J connectivity index is 2.41. The van der Waals surface area contributed by atoms with Crippen LogP contribution in [0, 0.1) is 5.82 Å². The first-order valence-corrected chi connectivity index (χ1v) is 5.15. The fourth-order valence-corrected chi connectivity index (χ4v) is 2.48. The molecule has 0 unspecified atom stereocenters. The molecule has 2 aromatic rings. The van der Waals surface area contributed by atoms with Gasteiger partial charge >= 0.3 is 0 Å². The minimum Gasteiger partial charge on any atom is -0.352 e. The van der Waals surface area contributed by atoms with Gasteiger partial charge in [0, 0.05) is 29.6 Å². The van der Waals surface area contributed by atoms with E-state index in [1.807, 2.05) is 7.05 Å². The summed E-state index contributed by atoms with van der Waals surface area (Å²) < 4.78 is 13.4. The summed E-state index contributed by atoms with van der Waals surface area (Å²) in [5.41, 5.74) is 3.21. The van der Waals surface area contributed by atoms with Crippen LogP contribution in [0.2, 0.25) is 0 Å². The minimum absolute atomic E-state index is 0.261. The van der Waals surface area contributed by atoms with Crippen LogP contribution in [0.4, 0.5) is 4.39 Å². The Kier molecular flexibility index (Phi) is 1.88. The average molecular weight is 218 g/mol. The number of carbonyl (C=O) groups excluding carboxylic acids is 1. The first-order valence-electron chi connectivity index (χ1n) is 5.15. The molecule has 3 rings (SSSR count). The van der Waals surface area contributed by atoms with E-state index in [1.54, 1.807) is 6.07 Å². The molecule has 0 amide bonds. The molecule has 1 aliphatic rings. The van der Waals surface area contributed by atoms with Gasteiger partial charge in [0.15, 0.2) is 6.29 Å². The first kappa shape index (κ1) is 9.54. The highest BCUT2D eigenvalue weighted by Crippen LogP contribution is 2.31. The molecular weight excluding hydrogens is 207 g/mol. The van der Waals surface area contributed by atoms with E-state index in [4.69, 9.17) is 0 Å². The molecule has 2 heterocycles. The molecular formula is C12H11FN2O. The number of aromatic nitrogens is 1. The monoisotopic (exact) mass is 218 g/mol. The van der Waals surface area contributed by atoms with E-state index < -0.39 is 0 Å². The van der Waals surface area contributed by atoms with Crippen molar-refractivity contribution >= 4 is 17.2 Å². The predicted octanol–water partition coefficient (Wildman–Crippen LogP) is 2.06. The molecule has 1 N–H and O–H groups in total. The highest BCUT2D eigenvalue weighted by atomic mass is 19.1. The van der Waals surface area contributed by atoms with E-state index in [9.17, 15) is 9.18 Å². The summed E-state index contributed by atoms with van der Waals surface area (Å²) in [7, 11) is 1.96. The van der Waals surface area contributed by atoms with Crippen molar-refractivity contribution in [2.45, 2.75) is 13.1 Å². The molecule has 0 saturated carbocycles. The molecule has 0 saturated heterocycles. The van der Waals surface area contributed by atoms with Gasteiger partial charge in [-0.1, -0.05) is 0 Å². The van der Waals surface area contributed by atoms with Gasteiger partial charge in [-0.25, -0.2) is 4.39 Å². The van der Waals surface area contributed by atoms with Crippen molar-refractivity contribution in [3.8, 4) is 0 Å². The largest absolute Gasteiger partial charge is 0.352 e. The van der Waals surface area contributed by atoms with Crippen molar-refractivity contribution in [3.63, 3.8) is 0 Å². The maximum Gasteiger partial charge on any atom is 0.166 e. The van der Waals surface area contributed by atoms with Gasteiger partial charge in [-0.3, -0.25) is 9.69 Å². The van der Waals surface area contributed by atoms with Crippen molar-refractivity contribution in [3.05, 3.63) is 34.8 Å². The lowest BCUT2D eigenvalue weighted by Crippen LogP contribution is -2.21. The number of hydrogen-bond donors (Lipinski definition) is 1. The Hall–Kier alpha value is -1.68. The van der Waals surface area contributed by atoms with Crippen LogP contribution in [0.1, 0.15) is 21.6 Å². The second-order valence-corrected chi connectivity index (χ2v) is 4.29. The van der Waals surface area contributed by atoms with E-state index in [0.29, 0.717) is 5.69 Å². The highest BCUT2D eigenvalue weighted by Gasteiger charge is 2.21. The number of hydrogen-bond acceptors (Lipinski definition) is 2. The topological polar surface area (TPSA) is 36.1 Å². The summed E-state index contributed by atoms with van der Waals surface area (Å²) in [6, 6.07) is 2.99. The molecule has 16 heavy (non-hydrogen) atoms. The van der Waals surface area contributed by atoms with Gasteiger partial charge < -0.3 is 4.98 Å². The summed E-state index contributed by atoms with van der Waals surface area (Å²) in [4.78, 5) is 16.0. The number of nitrogens with zero attached hydrogens (tertiary/aromatic N) is 1. The zero-order chi connectivity index (χ0) is 11.3. The van der Waals surface area contributed by atoms with E-state index in [-0.39, 0.29) is 5.82 Å². The van der Waals surface area contributed by atoms with Gasteiger partial charge in [0.25, 0.3) is 0 Å². The van der Waals surface area contributed by atoms with Crippen LogP contribution in [-0.4, -0.2) is 23.2 Å². The van der Waals surface area contributed by atoms with Crippen LogP contribution in [0.25, 0.3) is 10.9 Å². The molecule has 4 heteroatoms. The maximum absolute atomic E-state index is 13.4. The Morgan fingerprint density at radius 1 is 1.44 bits per heavy atom. The Bertz CT molecular complexity index is 588. The third-order valence-electron chi connectivity index (χ3n) is 3.07. The quantitative estimate of drug-likeness (QED) is 0.744. The zero-order valence-corrected chi connectivity index (χ0v) is 8.88. The van der Waals surface area contributed by atoms with Crippen molar-refractivity contribution in [2.75, 3.05) is 7.05 Å². The molecule has 0 spiro atoms. The standard InChI is InChI=1S/C12H11FN2O/c1-15-4-7-2-8(13)3-10-12(7)9(5-15)11(6-16)14-10/h2-3,6,14H,4-5H2,1H3.